The molecule has 1 aromatic rings. The van der Waals surface area contributed by atoms with Crippen molar-refractivity contribution in [1.29, 1.82) is 0 Å². The molecule has 3 aliphatic rings. The van der Waals surface area contributed by atoms with Gasteiger partial charge in [-0.05, 0) is 49.9 Å². The van der Waals surface area contributed by atoms with Crippen molar-refractivity contribution in [1.82, 2.24) is 14.1 Å². The molecule has 2 unspecified atom stereocenters. The highest BCUT2D eigenvalue weighted by Crippen LogP contribution is 2.26. The predicted octanol–water partition coefficient (Wildman–Crippen LogP) is 1.42. The number of amides is 1. The Balaban J connectivity index is 1.33. The van der Waals surface area contributed by atoms with Gasteiger partial charge in [-0.2, -0.15) is 4.31 Å². The van der Waals surface area contributed by atoms with Crippen LogP contribution in [0.3, 0.4) is 0 Å². The zero-order valence-electron chi connectivity index (χ0n) is 18.2. The molecule has 31 heavy (non-hydrogen) atoms. The first-order chi connectivity index (χ1) is 15.0. The van der Waals surface area contributed by atoms with Gasteiger partial charge in [0.25, 0.3) is 0 Å². The van der Waals surface area contributed by atoms with Crippen molar-refractivity contribution in [2.24, 2.45) is 5.92 Å². The first-order valence-electron chi connectivity index (χ1n) is 11.2. The van der Waals surface area contributed by atoms with Crippen LogP contribution in [-0.4, -0.2) is 94.1 Å². The van der Waals surface area contributed by atoms with Crippen LogP contribution in [0.1, 0.15) is 25.7 Å². The van der Waals surface area contributed by atoms with E-state index in [1.807, 2.05) is 4.90 Å². The number of methoxy groups -OCH3 is 1. The van der Waals surface area contributed by atoms with E-state index in [0.717, 1.165) is 45.5 Å². The molecule has 0 spiro atoms. The highest BCUT2D eigenvalue weighted by molar-refractivity contribution is 7.89. The zero-order chi connectivity index (χ0) is 21.8. The van der Waals surface area contributed by atoms with Crippen LogP contribution in [0.2, 0.25) is 0 Å². The smallest absolute Gasteiger partial charge is 0.243 e. The average molecular weight is 452 g/mol. The van der Waals surface area contributed by atoms with Crippen LogP contribution in [-0.2, 0) is 19.6 Å². The lowest BCUT2D eigenvalue weighted by atomic mass is 9.97. The van der Waals surface area contributed by atoms with Crippen LogP contribution in [0.5, 0.6) is 5.75 Å². The van der Waals surface area contributed by atoms with Gasteiger partial charge in [-0.1, -0.05) is 0 Å². The van der Waals surface area contributed by atoms with E-state index in [4.69, 9.17) is 9.47 Å². The number of sulfonamides is 1. The summed E-state index contributed by atoms with van der Waals surface area (Å²) in [6.45, 7) is 5.62. The topological polar surface area (TPSA) is 79.4 Å². The first-order valence-corrected chi connectivity index (χ1v) is 12.7. The third-order valence-electron chi connectivity index (χ3n) is 6.60. The minimum Gasteiger partial charge on any atom is -0.497 e. The third kappa shape index (κ3) is 5.22. The van der Waals surface area contributed by atoms with Crippen molar-refractivity contribution < 1.29 is 22.7 Å². The number of piperazine rings is 1. The van der Waals surface area contributed by atoms with Crippen molar-refractivity contribution in [3.8, 4) is 5.75 Å². The summed E-state index contributed by atoms with van der Waals surface area (Å²) in [6.07, 6.45) is 4.03. The fraction of sp³-hybridized carbons (Fsp3) is 0.682. The number of nitrogens with zero attached hydrogens (tertiary/aromatic N) is 3. The SMILES string of the molecule is COc1ccc(S(=O)(=O)N2CCCC(C(=O)N3CCN(CC4CCCO4)CC3)C2)cc1. The highest BCUT2D eigenvalue weighted by Gasteiger charge is 2.36. The van der Waals surface area contributed by atoms with E-state index in [-0.39, 0.29) is 23.3 Å². The molecular weight excluding hydrogens is 418 g/mol. The zero-order valence-corrected chi connectivity index (χ0v) is 19.1. The number of hydrogen-bond acceptors (Lipinski definition) is 6. The molecule has 4 rings (SSSR count). The number of carbonyl (C=O) groups is 1. The van der Waals surface area contributed by atoms with Gasteiger partial charge in [0.2, 0.25) is 15.9 Å². The monoisotopic (exact) mass is 451 g/mol. The van der Waals surface area contributed by atoms with Crippen LogP contribution in [0.25, 0.3) is 0 Å². The van der Waals surface area contributed by atoms with Crippen molar-refractivity contribution >= 4 is 15.9 Å². The van der Waals surface area contributed by atoms with Gasteiger partial charge in [-0.15, -0.1) is 0 Å². The number of benzene rings is 1. The fourth-order valence-electron chi connectivity index (χ4n) is 4.74. The summed E-state index contributed by atoms with van der Waals surface area (Å²) < 4.78 is 38.5. The van der Waals surface area contributed by atoms with E-state index in [0.29, 0.717) is 37.9 Å². The summed E-state index contributed by atoms with van der Waals surface area (Å²) >= 11 is 0. The standard InChI is InChI=1S/C22H33N3O5S/c1-29-19-6-8-21(9-7-19)31(27,28)25-10-2-4-18(16-25)22(26)24-13-11-23(12-14-24)17-20-5-3-15-30-20/h6-9,18,20H,2-5,10-17H2,1H3. The van der Waals surface area contributed by atoms with Crippen LogP contribution >= 0.6 is 0 Å². The van der Waals surface area contributed by atoms with Gasteiger partial charge in [0.1, 0.15) is 5.75 Å². The van der Waals surface area contributed by atoms with E-state index in [2.05, 4.69) is 4.90 Å². The van der Waals surface area contributed by atoms with Gasteiger partial charge in [0.15, 0.2) is 0 Å². The molecule has 3 fully saturated rings. The number of hydrogen-bond donors (Lipinski definition) is 0. The summed E-state index contributed by atoms with van der Waals surface area (Å²) in [5, 5.41) is 0. The maximum Gasteiger partial charge on any atom is 0.243 e. The average Bonchev–Trinajstić information content (AvgIpc) is 3.32. The molecule has 9 heteroatoms. The Kier molecular flexibility index (Phi) is 7.15. The molecule has 2 atom stereocenters. The number of rotatable bonds is 6. The van der Waals surface area contributed by atoms with Crippen LogP contribution in [0, 0.1) is 5.92 Å². The molecule has 0 N–H and O–H groups in total. The maximum absolute atomic E-state index is 13.1. The Hall–Kier alpha value is -1.68. The lowest BCUT2D eigenvalue weighted by molar-refractivity contribution is -0.138. The Labute approximate surface area is 185 Å². The molecule has 1 aromatic carbocycles. The summed E-state index contributed by atoms with van der Waals surface area (Å²) in [7, 11) is -2.07. The summed E-state index contributed by atoms with van der Waals surface area (Å²) in [4.78, 5) is 17.7. The Morgan fingerprint density at radius 1 is 1.06 bits per heavy atom. The fourth-order valence-corrected chi connectivity index (χ4v) is 6.27. The number of piperidine rings is 1. The first kappa shape index (κ1) is 22.5. The molecule has 1 amide bonds. The molecule has 0 saturated carbocycles. The Bertz CT molecular complexity index is 846. The third-order valence-corrected chi connectivity index (χ3v) is 8.48. The van der Waals surface area contributed by atoms with Crippen molar-refractivity contribution in [3.63, 3.8) is 0 Å². The number of carbonyl (C=O) groups excluding carboxylic acids is 1. The largest absolute Gasteiger partial charge is 0.497 e. The van der Waals surface area contributed by atoms with Gasteiger partial charge in [0, 0.05) is 52.4 Å². The Morgan fingerprint density at radius 2 is 1.81 bits per heavy atom. The molecule has 0 radical (unpaired) electrons. The quantitative estimate of drug-likeness (QED) is 0.651. The van der Waals surface area contributed by atoms with Gasteiger partial charge in [-0.3, -0.25) is 9.69 Å². The van der Waals surface area contributed by atoms with Gasteiger partial charge in [0.05, 0.1) is 24.0 Å². The number of ether oxygens (including phenoxy) is 2. The van der Waals surface area contributed by atoms with Crippen molar-refractivity contribution in [2.75, 3.05) is 59.5 Å². The van der Waals surface area contributed by atoms with E-state index >= 15 is 0 Å². The molecule has 3 aliphatic heterocycles. The molecule has 3 heterocycles. The summed E-state index contributed by atoms with van der Waals surface area (Å²) in [5.74, 6) is 0.433. The molecule has 0 aromatic heterocycles. The Morgan fingerprint density at radius 3 is 2.45 bits per heavy atom. The van der Waals surface area contributed by atoms with Crippen molar-refractivity contribution in [2.45, 2.75) is 36.7 Å². The molecular formula is C22H33N3O5S. The summed E-state index contributed by atoms with van der Waals surface area (Å²) in [6, 6.07) is 6.42. The lowest BCUT2D eigenvalue weighted by Crippen LogP contribution is -2.53. The van der Waals surface area contributed by atoms with E-state index in [1.54, 1.807) is 31.4 Å². The van der Waals surface area contributed by atoms with Crippen LogP contribution < -0.4 is 4.74 Å². The molecule has 8 nitrogen and oxygen atoms in total. The normalized spacial score (nSPS) is 26.2. The molecule has 172 valence electrons. The second-order valence-corrected chi connectivity index (χ2v) is 10.6. The molecule has 3 saturated heterocycles. The van der Waals surface area contributed by atoms with Crippen LogP contribution in [0.4, 0.5) is 0 Å². The van der Waals surface area contributed by atoms with Gasteiger partial charge in [-0.25, -0.2) is 8.42 Å². The lowest BCUT2D eigenvalue weighted by Gasteiger charge is -2.39. The van der Waals surface area contributed by atoms with E-state index < -0.39 is 10.0 Å². The minimum absolute atomic E-state index is 0.0893. The molecule has 0 bridgehead atoms. The summed E-state index contributed by atoms with van der Waals surface area (Å²) in [5.41, 5.74) is 0. The van der Waals surface area contributed by atoms with E-state index in [1.165, 1.54) is 4.31 Å². The van der Waals surface area contributed by atoms with Crippen molar-refractivity contribution in [3.05, 3.63) is 24.3 Å². The van der Waals surface area contributed by atoms with Gasteiger partial charge >= 0.3 is 0 Å². The second kappa shape index (κ2) is 9.85. The predicted molar refractivity (Wildman–Crippen MR) is 116 cm³/mol. The van der Waals surface area contributed by atoms with Gasteiger partial charge < -0.3 is 14.4 Å². The van der Waals surface area contributed by atoms with E-state index in [9.17, 15) is 13.2 Å². The second-order valence-electron chi connectivity index (χ2n) is 8.64. The highest BCUT2D eigenvalue weighted by atomic mass is 32.2. The van der Waals surface area contributed by atoms with Crippen LogP contribution in [0.15, 0.2) is 29.2 Å². The minimum atomic E-state index is -3.62. The molecule has 0 aliphatic carbocycles. The maximum atomic E-state index is 13.1.